The van der Waals surface area contributed by atoms with Gasteiger partial charge in [-0.05, 0) is 42.7 Å². The van der Waals surface area contributed by atoms with E-state index in [1.54, 1.807) is 24.5 Å². The van der Waals surface area contributed by atoms with E-state index in [4.69, 9.17) is 9.26 Å². The zero-order chi connectivity index (χ0) is 16.4. The van der Waals surface area contributed by atoms with Gasteiger partial charge >= 0.3 is 0 Å². The van der Waals surface area contributed by atoms with E-state index in [0.717, 1.165) is 11.1 Å². The Morgan fingerprint density at radius 3 is 2.71 bits per heavy atom. The molecule has 0 spiro atoms. The average molecular weight is 325 g/mol. The van der Waals surface area contributed by atoms with Crippen LogP contribution < -0.4 is 0 Å². The third-order valence-electron chi connectivity index (χ3n) is 4.48. The molecule has 122 valence electrons. The standard InChI is InChI=1S/C18H16FN3O2/c19-15-5-1-4-14(11-15)18(6-9-23-10-7-18)17-21-16(22-24-17)13-3-2-8-20-12-13/h1-5,8,11-12H,6-7,9-10H2. The van der Waals surface area contributed by atoms with Crippen LogP contribution in [0.1, 0.15) is 24.3 Å². The van der Waals surface area contributed by atoms with Crippen molar-refractivity contribution in [3.63, 3.8) is 0 Å². The van der Waals surface area contributed by atoms with Gasteiger partial charge in [0.15, 0.2) is 0 Å². The summed E-state index contributed by atoms with van der Waals surface area (Å²) in [6.07, 6.45) is 4.72. The highest BCUT2D eigenvalue weighted by atomic mass is 19.1. The number of nitrogens with zero attached hydrogens (tertiary/aromatic N) is 3. The lowest BCUT2D eigenvalue weighted by Crippen LogP contribution is -2.35. The second-order valence-corrected chi connectivity index (χ2v) is 5.87. The molecule has 0 saturated carbocycles. The van der Waals surface area contributed by atoms with Crippen LogP contribution in [0, 0.1) is 5.82 Å². The van der Waals surface area contributed by atoms with Crippen molar-refractivity contribution >= 4 is 0 Å². The summed E-state index contributed by atoms with van der Waals surface area (Å²) in [5, 5.41) is 4.09. The SMILES string of the molecule is Fc1cccc(C2(c3nc(-c4cccnc4)no3)CCOCC2)c1. The number of hydrogen-bond donors (Lipinski definition) is 0. The van der Waals surface area contributed by atoms with E-state index in [1.807, 2.05) is 18.2 Å². The molecule has 3 heterocycles. The lowest BCUT2D eigenvalue weighted by molar-refractivity contribution is 0.0522. The van der Waals surface area contributed by atoms with E-state index in [0.29, 0.717) is 37.8 Å². The van der Waals surface area contributed by atoms with Crippen LogP contribution >= 0.6 is 0 Å². The van der Waals surface area contributed by atoms with E-state index >= 15 is 0 Å². The van der Waals surface area contributed by atoms with Gasteiger partial charge in [0.1, 0.15) is 5.82 Å². The van der Waals surface area contributed by atoms with Crippen molar-refractivity contribution in [1.29, 1.82) is 0 Å². The number of halogens is 1. The molecule has 1 saturated heterocycles. The van der Waals surface area contributed by atoms with E-state index in [2.05, 4.69) is 15.1 Å². The minimum absolute atomic E-state index is 0.273. The van der Waals surface area contributed by atoms with Gasteiger partial charge in [-0.15, -0.1) is 0 Å². The van der Waals surface area contributed by atoms with Crippen LogP contribution in [0.25, 0.3) is 11.4 Å². The zero-order valence-electron chi connectivity index (χ0n) is 13.0. The summed E-state index contributed by atoms with van der Waals surface area (Å²) in [5.74, 6) is 0.709. The minimum Gasteiger partial charge on any atom is -0.381 e. The van der Waals surface area contributed by atoms with E-state index in [-0.39, 0.29) is 5.82 Å². The number of aromatic nitrogens is 3. The normalized spacial score (nSPS) is 16.9. The molecular formula is C18H16FN3O2. The van der Waals surface area contributed by atoms with Gasteiger partial charge in [-0.25, -0.2) is 4.39 Å². The molecule has 2 aromatic heterocycles. The molecule has 1 aliphatic rings. The van der Waals surface area contributed by atoms with Gasteiger partial charge < -0.3 is 9.26 Å². The van der Waals surface area contributed by atoms with Crippen molar-refractivity contribution in [2.75, 3.05) is 13.2 Å². The van der Waals surface area contributed by atoms with Crippen molar-refractivity contribution in [2.24, 2.45) is 0 Å². The maximum absolute atomic E-state index is 13.8. The molecule has 0 bridgehead atoms. The highest BCUT2D eigenvalue weighted by molar-refractivity contribution is 5.52. The van der Waals surface area contributed by atoms with Crippen LogP contribution in [-0.4, -0.2) is 28.3 Å². The van der Waals surface area contributed by atoms with Crippen LogP contribution in [0.15, 0.2) is 53.3 Å². The minimum atomic E-state index is -0.520. The van der Waals surface area contributed by atoms with Gasteiger partial charge in [0, 0.05) is 31.2 Å². The van der Waals surface area contributed by atoms with Gasteiger partial charge in [0.05, 0.1) is 5.41 Å². The van der Waals surface area contributed by atoms with Crippen LogP contribution in [0.3, 0.4) is 0 Å². The molecule has 0 amide bonds. The molecule has 1 aromatic carbocycles. The third-order valence-corrected chi connectivity index (χ3v) is 4.48. The maximum atomic E-state index is 13.8. The fraction of sp³-hybridized carbons (Fsp3) is 0.278. The van der Waals surface area contributed by atoms with E-state index < -0.39 is 5.41 Å². The number of benzene rings is 1. The Morgan fingerprint density at radius 1 is 1.08 bits per heavy atom. The van der Waals surface area contributed by atoms with Crippen molar-refractivity contribution in [1.82, 2.24) is 15.1 Å². The van der Waals surface area contributed by atoms with Crippen molar-refractivity contribution < 1.29 is 13.7 Å². The Hall–Kier alpha value is -2.60. The van der Waals surface area contributed by atoms with E-state index in [1.165, 1.54) is 6.07 Å². The first kappa shape index (κ1) is 15.0. The monoisotopic (exact) mass is 325 g/mol. The maximum Gasteiger partial charge on any atom is 0.237 e. The Labute approximate surface area is 138 Å². The molecule has 24 heavy (non-hydrogen) atoms. The molecule has 6 heteroatoms. The molecule has 0 unspecified atom stereocenters. The number of pyridine rings is 1. The molecule has 5 nitrogen and oxygen atoms in total. The second-order valence-electron chi connectivity index (χ2n) is 5.87. The van der Waals surface area contributed by atoms with Gasteiger partial charge in [-0.2, -0.15) is 4.98 Å². The van der Waals surface area contributed by atoms with Gasteiger partial charge in [-0.3, -0.25) is 4.98 Å². The lowest BCUT2D eigenvalue weighted by atomic mass is 9.74. The number of ether oxygens (including phenoxy) is 1. The molecule has 0 radical (unpaired) electrons. The first-order chi connectivity index (χ1) is 11.8. The highest BCUT2D eigenvalue weighted by Crippen LogP contribution is 2.41. The molecule has 1 fully saturated rings. The molecule has 1 aliphatic heterocycles. The Kier molecular flexibility index (Phi) is 3.82. The van der Waals surface area contributed by atoms with Crippen LogP contribution in [0.5, 0.6) is 0 Å². The summed E-state index contributed by atoms with van der Waals surface area (Å²) < 4.78 is 24.9. The molecule has 4 rings (SSSR count). The molecule has 0 atom stereocenters. The lowest BCUT2D eigenvalue weighted by Gasteiger charge is -2.34. The predicted molar refractivity (Wildman–Crippen MR) is 84.8 cm³/mol. The smallest absolute Gasteiger partial charge is 0.237 e. The summed E-state index contributed by atoms with van der Waals surface area (Å²) in [4.78, 5) is 8.67. The Balaban J connectivity index is 1.79. The van der Waals surface area contributed by atoms with Gasteiger partial charge in [0.25, 0.3) is 0 Å². The summed E-state index contributed by atoms with van der Waals surface area (Å²) in [6.45, 7) is 1.14. The third kappa shape index (κ3) is 2.59. The summed E-state index contributed by atoms with van der Waals surface area (Å²) in [5.41, 5.74) is 1.11. The fourth-order valence-electron chi connectivity index (χ4n) is 3.16. The predicted octanol–water partition coefficient (Wildman–Crippen LogP) is 3.37. The van der Waals surface area contributed by atoms with Crippen LogP contribution in [0.2, 0.25) is 0 Å². The van der Waals surface area contributed by atoms with Crippen molar-refractivity contribution in [3.8, 4) is 11.4 Å². The molecule has 3 aromatic rings. The Bertz CT molecular complexity index is 829. The fourth-order valence-corrected chi connectivity index (χ4v) is 3.16. The van der Waals surface area contributed by atoms with Gasteiger partial charge in [-0.1, -0.05) is 17.3 Å². The highest BCUT2D eigenvalue weighted by Gasteiger charge is 2.41. The van der Waals surface area contributed by atoms with Crippen molar-refractivity contribution in [3.05, 3.63) is 66.1 Å². The molecule has 0 N–H and O–H groups in total. The summed E-state index contributed by atoms with van der Waals surface area (Å²) in [7, 11) is 0. The number of hydrogen-bond acceptors (Lipinski definition) is 5. The van der Waals surface area contributed by atoms with Crippen LogP contribution in [0.4, 0.5) is 4.39 Å². The topological polar surface area (TPSA) is 61.0 Å². The second kappa shape index (κ2) is 6.13. The summed E-state index contributed by atoms with van der Waals surface area (Å²) in [6, 6.07) is 10.3. The van der Waals surface area contributed by atoms with Crippen molar-refractivity contribution in [2.45, 2.75) is 18.3 Å². The summed E-state index contributed by atoms with van der Waals surface area (Å²) >= 11 is 0. The Morgan fingerprint density at radius 2 is 1.96 bits per heavy atom. The quantitative estimate of drug-likeness (QED) is 0.739. The first-order valence-electron chi connectivity index (χ1n) is 7.86. The number of rotatable bonds is 3. The first-order valence-corrected chi connectivity index (χ1v) is 7.86. The van der Waals surface area contributed by atoms with Crippen LogP contribution in [-0.2, 0) is 10.2 Å². The van der Waals surface area contributed by atoms with Gasteiger partial charge in [0.2, 0.25) is 11.7 Å². The molecular weight excluding hydrogens is 309 g/mol. The molecule has 0 aliphatic carbocycles. The average Bonchev–Trinajstić information content (AvgIpc) is 3.14. The largest absolute Gasteiger partial charge is 0.381 e. The van der Waals surface area contributed by atoms with E-state index in [9.17, 15) is 4.39 Å². The zero-order valence-corrected chi connectivity index (χ0v) is 13.0.